The van der Waals surface area contributed by atoms with E-state index in [1.807, 2.05) is 36.4 Å². The van der Waals surface area contributed by atoms with Crippen molar-refractivity contribution in [2.24, 2.45) is 0 Å². The summed E-state index contributed by atoms with van der Waals surface area (Å²) in [6, 6.07) is 18.1. The third-order valence-corrected chi connectivity index (χ3v) is 2.56. The van der Waals surface area contributed by atoms with E-state index in [-0.39, 0.29) is 5.91 Å². The first kappa shape index (κ1) is 13.5. The molecule has 0 heterocycles. The second kappa shape index (κ2) is 6.89. The number of benzene rings is 2. The zero-order chi connectivity index (χ0) is 14.2. The van der Waals surface area contributed by atoms with E-state index in [1.54, 1.807) is 30.3 Å². The van der Waals surface area contributed by atoms with Crippen LogP contribution < -0.4 is 10.9 Å². The molecule has 0 unspecified atom stereocenters. The molecular weight excluding hydrogens is 252 g/mol. The van der Waals surface area contributed by atoms with Crippen molar-refractivity contribution in [3.8, 4) is 0 Å². The molecule has 2 N–H and O–H groups in total. The fourth-order valence-corrected chi connectivity index (χ4v) is 1.56. The average molecular weight is 266 g/mol. The Morgan fingerprint density at radius 2 is 1.40 bits per heavy atom. The lowest BCUT2D eigenvalue weighted by molar-refractivity contribution is -0.117. The normalized spacial score (nSPS) is 10.2. The Balaban J connectivity index is 1.84. The molecule has 0 aliphatic heterocycles. The van der Waals surface area contributed by atoms with E-state index in [0.29, 0.717) is 5.56 Å². The lowest BCUT2D eigenvalue weighted by Crippen LogP contribution is -2.40. The number of nitrogens with one attached hydrogen (secondary N) is 2. The molecule has 0 radical (unpaired) electrons. The van der Waals surface area contributed by atoms with Gasteiger partial charge < -0.3 is 0 Å². The van der Waals surface area contributed by atoms with Crippen molar-refractivity contribution < 1.29 is 9.59 Å². The lowest BCUT2D eigenvalue weighted by atomic mass is 10.2. The highest BCUT2D eigenvalue weighted by molar-refractivity contribution is 5.97. The van der Waals surface area contributed by atoms with Crippen LogP contribution >= 0.6 is 0 Å². The molecule has 4 heteroatoms. The van der Waals surface area contributed by atoms with Crippen LogP contribution in [0.15, 0.2) is 66.7 Å². The Morgan fingerprint density at radius 1 is 0.800 bits per heavy atom. The molecule has 100 valence electrons. The third kappa shape index (κ3) is 4.10. The Bertz CT molecular complexity index is 607. The van der Waals surface area contributed by atoms with Crippen molar-refractivity contribution >= 4 is 17.9 Å². The van der Waals surface area contributed by atoms with Gasteiger partial charge in [-0.05, 0) is 23.8 Å². The summed E-state index contributed by atoms with van der Waals surface area (Å²) in [7, 11) is 0. The molecule has 2 aromatic rings. The topological polar surface area (TPSA) is 58.2 Å². The largest absolute Gasteiger partial charge is 0.269 e. The lowest BCUT2D eigenvalue weighted by Gasteiger charge is -2.04. The average Bonchev–Trinajstić information content (AvgIpc) is 2.52. The van der Waals surface area contributed by atoms with Crippen LogP contribution in [0, 0.1) is 0 Å². The number of hydrazine groups is 1. The smallest absolute Gasteiger partial charge is 0.268 e. The molecule has 0 atom stereocenters. The maximum atomic E-state index is 11.7. The van der Waals surface area contributed by atoms with Crippen LogP contribution in [0.2, 0.25) is 0 Å². The van der Waals surface area contributed by atoms with E-state index < -0.39 is 5.91 Å². The molecule has 0 saturated heterocycles. The van der Waals surface area contributed by atoms with Gasteiger partial charge in [-0.1, -0.05) is 48.5 Å². The van der Waals surface area contributed by atoms with Crippen LogP contribution in [0.4, 0.5) is 0 Å². The van der Waals surface area contributed by atoms with E-state index in [0.717, 1.165) is 5.56 Å². The Kier molecular flexibility index (Phi) is 4.67. The number of carbonyl (C=O) groups excluding carboxylic acids is 2. The number of amides is 2. The van der Waals surface area contributed by atoms with Crippen molar-refractivity contribution in [1.82, 2.24) is 10.9 Å². The molecule has 0 spiro atoms. The first-order valence-corrected chi connectivity index (χ1v) is 6.14. The molecule has 2 rings (SSSR count). The van der Waals surface area contributed by atoms with Gasteiger partial charge in [0.2, 0.25) is 0 Å². The monoisotopic (exact) mass is 266 g/mol. The molecule has 0 saturated carbocycles. The summed E-state index contributed by atoms with van der Waals surface area (Å²) in [5.74, 6) is -0.745. The van der Waals surface area contributed by atoms with Gasteiger partial charge in [0.25, 0.3) is 11.8 Å². The quantitative estimate of drug-likeness (QED) is 0.660. The number of carbonyl (C=O) groups is 2. The van der Waals surface area contributed by atoms with E-state index in [1.165, 1.54) is 6.08 Å². The Labute approximate surface area is 117 Å². The zero-order valence-corrected chi connectivity index (χ0v) is 10.7. The van der Waals surface area contributed by atoms with E-state index >= 15 is 0 Å². The number of hydrogen-bond acceptors (Lipinski definition) is 2. The van der Waals surface area contributed by atoms with Crippen molar-refractivity contribution in [3.05, 3.63) is 77.9 Å². The van der Waals surface area contributed by atoms with Crippen molar-refractivity contribution in [2.75, 3.05) is 0 Å². The fraction of sp³-hybridized carbons (Fsp3) is 0. The summed E-state index contributed by atoms with van der Waals surface area (Å²) >= 11 is 0. The molecule has 0 bridgehead atoms. The predicted octanol–water partition coefficient (Wildman–Crippen LogP) is 2.16. The van der Waals surface area contributed by atoms with Crippen LogP contribution in [-0.4, -0.2) is 11.8 Å². The van der Waals surface area contributed by atoms with Crippen LogP contribution in [0.5, 0.6) is 0 Å². The highest BCUT2D eigenvalue weighted by Gasteiger charge is 2.04. The first-order chi connectivity index (χ1) is 9.75. The van der Waals surface area contributed by atoms with E-state index in [9.17, 15) is 9.59 Å². The van der Waals surface area contributed by atoms with Crippen LogP contribution in [0.1, 0.15) is 15.9 Å². The Hall–Kier alpha value is -2.88. The van der Waals surface area contributed by atoms with Gasteiger partial charge >= 0.3 is 0 Å². The van der Waals surface area contributed by atoms with Crippen molar-refractivity contribution in [3.63, 3.8) is 0 Å². The summed E-state index contributed by atoms with van der Waals surface area (Å²) < 4.78 is 0. The second-order valence-corrected chi connectivity index (χ2v) is 4.05. The van der Waals surface area contributed by atoms with Crippen LogP contribution in [0.25, 0.3) is 6.08 Å². The summed E-state index contributed by atoms with van der Waals surface area (Å²) in [5, 5.41) is 0. The second-order valence-electron chi connectivity index (χ2n) is 4.05. The zero-order valence-electron chi connectivity index (χ0n) is 10.7. The van der Waals surface area contributed by atoms with Crippen molar-refractivity contribution in [2.45, 2.75) is 0 Å². The standard InChI is InChI=1S/C16H14N2O2/c19-15(12-11-13-7-3-1-4-8-13)17-18-16(20)14-9-5-2-6-10-14/h1-12H,(H,17,19)(H,18,20)/b12-11-. The first-order valence-electron chi connectivity index (χ1n) is 6.14. The molecule has 20 heavy (non-hydrogen) atoms. The van der Waals surface area contributed by atoms with Gasteiger partial charge in [-0.3, -0.25) is 20.4 Å². The Morgan fingerprint density at radius 3 is 2.05 bits per heavy atom. The minimum Gasteiger partial charge on any atom is -0.268 e. The minimum absolute atomic E-state index is 0.355. The summed E-state index contributed by atoms with van der Waals surface area (Å²) in [6.45, 7) is 0. The van der Waals surface area contributed by atoms with Gasteiger partial charge in [0.1, 0.15) is 0 Å². The molecule has 2 amide bonds. The van der Waals surface area contributed by atoms with E-state index in [4.69, 9.17) is 0 Å². The summed E-state index contributed by atoms with van der Waals surface area (Å²) in [5.41, 5.74) is 6.07. The molecule has 0 aromatic heterocycles. The molecule has 0 aliphatic rings. The number of rotatable bonds is 3. The maximum absolute atomic E-state index is 11.7. The highest BCUT2D eigenvalue weighted by Crippen LogP contribution is 2.00. The third-order valence-electron chi connectivity index (χ3n) is 2.56. The van der Waals surface area contributed by atoms with Gasteiger partial charge in [-0.15, -0.1) is 0 Å². The summed E-state index contributed by atoms with van der Waals surface area (Å²) in [4.78, 5) is 23.2. The molecular formula is C16H14N2O2. The molecule has 0 fully saturated rings. The van der Waals surface area contributed by atoms with Gasteiger partial charge in [-0.25, -0.2) is 0 Å². The molecule has 2 aromatic carbocycles. The van der Waals surface area contributed by atoms with Crippen molar-refractivity contribution in [1.29, 1.82) is 0 Å². The van der Waals surface area contributed by atoms with Gasteiger partial charge in [0.05, 0.1) is 0 Å². The van der Waals surface area contributed by atoms with Gasteiger partial charge in [0, 0.05) is 11.6 Å². The maximum Gasteiger partial charge on any atom is 0.269 e. The molecule has 0 aliphatic carbocycles. The minimum atomic E-state index is -0.391. The molecule has 4 nitrogen and oxygen atoms in total. The van der Waals surface area contributed by atoms with Gasteiger partial charge in [0.15, 0.2) is 0 Å². The van der Waals surface area contributed by atoms with Crippen LogP contribution in [0.3, 0.4) is 0 Å². The van der Waals surface area contributed by atoms with Gasteiger partial charge in [-0.2, -0.15) is 0 Å². The highest BCUT2D eigenvalue weighted by atomic mass is 16.2. The number of hydrogen-bond donors (Lipinski definition) is 2. The van der Waals surface area contributed by atoms with Crippen LogP contribution in [-0.2, 0) is 4.79 Å². The predicted molar refractivity (Wildman–Crippen MR) is 77.5 cm³/mol. The van der Waals surface area contributed by atoms with E-state index in [2.05, 4.69) is 10.9 Å². The fourth-order valence-electron chi connectivity index (χ4n) is 1.56. The summed E-state index contributed by atoms with van der Waals surface area (Å²) in [6.07, 6.45) is 3.03. The SMILES string of the molecule is O=C(/C=C\c1ccccc1)NNC(=O)c1ccccc1.